The number of hydrogen-bond donors (Lipinski definition) is 1. The molecule has 2 aromatic rings. The average molecular weight is 182 g/mol. The van der Waals surface area contributed by atoms with E-state index in [1.807, 2.05) is 11.6 Å². The van der Waals surface area contributed by atoms with E-state index in [4.69, 9.17) is 5.11 Å². The van der Waals surface area contributed by atoms with Gasteiger partial charge in [-0.3, -0.25) is 9.20 Å². The Bertz CT molecular complexity index is 418. The van der Waals surface area contributed by atoms with E-state index in [-0.39, 0.29) is 6.42 Å². The number of aliphatic carboxylic acids is 1. The molecule has 62 valence electrons. The molecule has 0 fully saturated rings. The van der Waals surface area contributed by atoms with Crippen molar-refractivity contribution in [2.45, 2.75) is 6.42 Å². The summed E-state index contributed by atoms with van der Waals surface area (Å²) in [6, 6.07) is 0. The van der Waals surface area contributed by atoms with Gasteiger partial charge in [-0.25, -0.2) is 4.98 Å². The number of thiazole rings is 1. The van der Waals surface area contributed by atoms with Gasteiger partial charge in [-0.05, 0) is 0 Å². The number of rotatable bonds is 2. The predicted molar refractivity (Wildman–Crippen MR) is 44.4 cm³/mol. The van der Waals surface area contributed by atoms with Crippen molar-refractivity contribution in [2.24, 2.45) is 0 Å². The summed E-state index contributed by atoms with van der Waals surface area (Å²) in [6.45, 7) is 0. The van der Waals surface area contributed by atoms with Crippen molar-refractivity contribution >= 4 is 22.1 Å². The smallest absolute Gasteiger partial charge is 0.311 e. The lowest BCUT2D eigenvalue weighted by molar-refractivity contribution is -0.136. The summed E-state index contributed by atoms with van der Waals surface area (Å²) >= 11 is 1.54. The van der Waals surface area contributed by atoms with Crippen LogP contribution in [0.15, 0.2) is 17.8 Å². The van der Waals surface area contributed by atoms with Gasteiger partial charge in [0.15, 0.2) is 0 Å². The van der Waals surface area contributed by atoms with Crippen molar-refractivity contribution in [1.82, 2.24) is 9.38 Å². The molecule has 0 bridgehead atoms. The van der Waals surface area contributed by atoms with Crippen molar-refractivity contribution < 1.29 is 9.90 Å². The lowest BCUT2D eigenvalue weighted by Gasteiger charge is -1.91. The molecule has 0 aliphatic heterocycles. The van der Waals surface area contributed by atoms with Crippen molar-refractivity contribution in [3.8, 4) is 0 Å². The quantitative estimate of drug-likeness (QED) is 0.754. The minimum Gasteiger partial charge on any atom is -0.481 e. The molecule has 4 nitrogen and oxygen atoms in total. The molecule has 5 heteroatoms. The van der Waals surface area contributed by atoms with Crippen molar-refractivity contribution in [3.63, 3.8) is 0 Å². The van der Waals surface area contributed by atoms with Crippen LogP contribution in [0.2, 0.25) is 0 Å². The standard InChI is InChI=1S/C7H6N2O2S/c10-7(11)3-5-8-4-6-9(5)1-2-12-6/h1-2,4H,3H2,(H,10,11). The fraction of sp³-hybridized carbons (Fsp3) is 0.143. The Morgan fingerprint density at radius 1 is 1.75 bits per heavy atom. The Morgan fingerprint density at radius 2 is 2.58 bits per heavy atom. The second kappa shape index (κ2) is 2.60. The molecular weight excluding hydrogens is 176 g/mol. The van der Waals surface area contributed by atoms with E-state index < -0.39 is 5.97 Å². The number of aromatic nitrogens is 2. The molecule has 2 heterocycles. The molecule has 0 aromatic carbocycles. The topological polar surface area (TPSA) is 54.6 Å². The summed E-state index contributed by atoms with van der Waals surface area (Å²) in [6.07, 6.45) is 3.49. The summed E-state index contributed by atoms with van der Waals surface area (Å²) in [5.74, 6) is -0.271. The van der Waals surface area contributed by atoms with Gasteiger partial charge in [0.1, 0.15) is 17.1 Å². The minimum atomic E-state index is -0.853. The van der Waals surface area contributed by atoms with Gasteiger partial charge in [0.05, 0.1) is 6.20 Å². The molecule has 0 radical (unpaired) electrons. The van der Waals surface area contributed by atoms with E-state index in [1.165, 1.54) is 0 Å². The maximum absolute atomic E-state index is 10.4. The molecule has 0 saturated heterocycles. The molecule has 2 rings (SSSR count). The van der Waals surface area contributed by atoms with Crippen LogP contribution in [0.4, 0.5) is 0 Å². The highest BCUT2D eigenvalue weighted by Crippen LogP contribution is 2.13. The molecule has 2 aromatic heterocycles. The second-order valence-electron chi connectivity index (χ2n) is 2.36. The molecule has 0 saturated carbocycles. The largest absolute Gasteiger partial charge is 0.481 e. The molecule has 1 N–H and O–H groups in total. The van der Waals surface area contributed by atoms with Gasteiger partial charge in [0.2, 0.25) is 0 Å². The summed E-state index contributed by atoms with van der Waals surface area (Å²) in [5.41, 5.74) is 0. The van der Waals surface area contributed by atoms with Gasteiger partial charge >= 0.3 is 5.97 Å². The predicted octanol–water partition coefficient (Wildman–Crippen LogP) is 1.02. The van der Waals surface area contributed by atoms with Crippen molar-refractivity contribution in [1.29, 1.82) is 0 Å². The van der Waals surface area contributed by atoms with Gasteiger partial charge < -0.3 is 5.11 Å². The van der Waals surface area contributed by atoms with Gasteiger partial charge in [-0.15, -0.1) is 11.3 Å². The van der Waals surface area contributed by atoms with Gasteiger partial charge in [-0.2, -0.15) is 0 Å². The Hall–Kier alpha value is -1.36. The van der Waals surface area contributed by atoms with E-state index in [2.05, 4.69) is 4.98 Å². The van der Waals surface area contributed by atoms with Crippen molar-refractivity contribution in [2.75, 3.05) is 0 Å². The lowest BCUT2D eigenvalue weighted by atomic mass is 10.4. The van der Waals surface area contributed by atoms with Crippen LogP contribution < -0.4 is 0 Å². The lowest BCUT2D eigenvalue weighted by Crippen LogP contribution is -2.03. The molecule has 0 atom stereocenters. The summed E-state index contributed by atoms with van der Waals surface area (Å²) in [5, 5.41) is 10.4. The number of carbonyl (C=O) groups is 1. The summed E-state index contributed by atoms with van der Waals surface area (Å²) in [4.78, 5) is 15.3. The average Bonchev–Trinajstić information content (AvgIpc) is 2.52. The van der Waals surface area contributed by atoms with E-state index in [9.17, 15) is 4.79 Å². The first-order valence-electron chi connectivity index (χ1n) is 3.38. The first kappa shape index (κ1) is 7.30. The number of fused-ring (bicyclic) bond motifs is 1. The third-order valence-electron chi connectivity index (χ3n) is 1.55. The van der Waals surface area contributed by atoms with Crippen LogP contribution >= 0.6 is 11.3 Å². The monoisotopic (exact) mass is 182 g/mol. The zero-order valence-corrected chi connectivity index (χ0v) is 6.91. The molecule has 0 unspecified atom stereocenters. The first-order valence-corrected chi connectivity index (χ1v) is 4.26. The van der Waals surface area contributed by atoms with Crippen LogP contribution in [0.25, 0.3) is 4.83 Å². The van der Waals surface area contributed by atoms with Crippen LogP contribution in [0.1, 0.15) is 5.82 Å². The van der Waals surface area contributed by atoms with E-state index in [1.54, 1.807) is 21.9 Å². The summed E-state index contributed by atoms with van der Waals surface area (Å²) < 4.78 is 1.79. The number of carboxylic acids is 1. The van der Waals surface area contributed by atoms with Crippen LogP contribution in [-0.2, 0) is 11.2 Å². The molecule has 0 aliphatic rings. The molecule has 0 amide bonds. The fourth-order valence-electron chi connectivity index (χ4n) is 1.06. The van der Waals surface area contributed by atoms with Crippen molar-refractivity contribution in [3.05, 3.63) is 23.6 Å². The third-order valence-corrected chi connectivity index (χ3v) is 2.35. The maximum Gasteiger partial charge on any atom is 0.311 e. The molecule has 12 heavy (non-hydrogen) atoms. The second-order valence-corrected chi connectivity index (χ2v) is 3.28. The maximum atomic E-state index is 10.4. The zero-order chi connectivity index (χ0) is 8.55. The van der Waals surface area contributed by atoms with Crippen LogP contribution in [0, 0.1) is 0 Å². The number of nitrogens with zero attached hydrogens (tertiary/aromatic N) is 2. The number of hydrogen-bond acceptors (Lipinski definition) is 3. The Balaban J connectivity index is 2.47. The Kier molecular flexibility index (Phi) is 1.58. The normalized spacial score (nSPS) is 10.7. The van der Waals surface area contributed by atoms with Gasteiger partial charge in [-0.1, -0.05) is 0 Å². The number of imidazole rings is 1. The Labute approximate surface area is 72.1 Å². The molecular formula is C7H6N2O2S. The highest BCUT2D eigenvalue weighted by atomic mass is 32.1. The SMILES string of the molecule is O=C(O)Cc1ncc2sccn12. The van der Waals surface area contributed by atoms with Gasteiger partial charge in [0, 0.05) is 11.6 Å². The van der Waals surface area contributed by atoms with Gasteiger partial charge in [0.25, 0.3) is 0 Å². The van der Waals surface area contributed by atoms with E-state index in [0.29, 0.717) is 5.82 Å². The highest BCUT2D eigenvalue weighted by Gasteiger charge is 2.07. The first-order chi connectivity index (χ1) is 5.77. The molecule has 0 spiro atoms. The van der Waals surface area contributed by atoms with Crippen LogP contribution in [-0.4, -0.2) is 20.5 Å². The number of carboxylic acid groups (broad SMARTS) is 1. The fourth-order valence-corrected chi connectivity index (χ4v) is 1.77. The Morgan fingerprint density at radius 3 is 3.33 bits per heavy atom. The van der Waals surface area contributed by atoms with E-state index >= 15 is 0 Å². The van der Waals surface area contributed by atoms with E-state index in [0.717, 1.165) is 4.83 Å². The zero-order valence-electron chi connectivity index (χ0n) is 6.10. The summed E-state index contributed by atoms with van der Waals surface area (Å²) in [7, 11) is 0. The third kappa shape index (κ3) is 1.08. The van der Waals surface area contributed by atoms with Crippen LogP contribution in [0.3, 0.4) is 0 Å². The highest BCUT2D eigenvalue weighted by molar-refractivity contribution is 7.15. The molecule has 0 aliphatic carbocycles. The minimum absolute atomic E-state index is 0.0229. The van der Waals surface area contributed by atoms with Crippen LogP contribution in [0.5, 0.6) is 0 Å².